The standard InChI is InChI=1S/C25H34N4O4/c1-24(2,3)16-12-15(13-17(20(16)32)25(4,5)6)21-28-22-19(26-14-27-22)23(29-21)33-11-9-7-8-10-18(30)31/h12-14,32H,7-11H2,1-6H3,(H,30,31)(H,26,27,28,29). The summed E-state index contributed by atoms with van der Waals surface area (Å²) in [4.78, 5) is 27.3. The number of nitrogens with one attached hydrogen (secondary N) is 1. The van der Waals surface area contributed by atoms with Gasteiger partial charge in [-0.1, -0.05) is 41.5 Å². The van der Waals surface area contributed by atoms with Crippen molar-refractivity contribution >= 4 is 17.1 Å². The lowest BCUT2D eigenvalue weighted by Gasteiger charge is -2.28. The second kappa shape index (κ2) is 9.37. The van der Waals surface area contributed by atoms with Crippen LogP contribution in [0.1, 0.15) is 78.4 Å². The Kier molecular flexibility index (Phi) is 6.95. The van der Waals surface area contributed by atoms with Gasteiger partial charge in [-0.25, -0.2) is 9.97 Å². The lowest BCUT2D eigenvalue weighted by molar-refractivity contribution is -0.137. The maximum absolute atomic E-state index is 11.0. The van der Waals surface area contributed by atoms with Gasteiger partial charge in [-0.05, 0) is 42.2 Å². The molecule has 8 nitrogen and oxygen atoms in total. The molecule has 8 heteroatoms. The van der Waals surface area contributed by atoms with Crippen molar-refractivity contribution in [1.29, 1.82) is 0 Å². The van der Waals surface area contributed by atoms with E-state index in [4.69, 9.17) is 9.84 Å². The number of fused-ring (bicyclic) bond motifs is 1. The molecule has 0 bridgehead atoms. The fraction of sp³-hybridized carbons (Fsp3) is 0.520. The van der Waals surface area contributed by atoms with Crippen molar-refractivity contribution in [1.82, 2.24) is 19.9 Å². The summed E-state index contributed by atoms with van der Waals surface area (Å²) < 4.78 is 5.94. The number of carboxylic acids is 1. The number of unbranched alkanes of at least 4 members (excludes halogenated alkanes) is 2. The number of rotatable bonds is 8. The molecule has 3 aromatic rings. The van der Waals surface area contributed by atoms with E-state index in [-0.39, 0.29) is 17.3 Å². The SMILES string of the molecule is CC(C)(C)c1cc(-c2nc(OCCCCCC(=O)O)c3nc[nH]c3n2)cc(C(C)(C)C)c1O. The largest absolute Gasteiger partial charge is 0.507 e. The van der Waals surface area contributed by atoms with E-state index in [2.05, 4.69) is 61.5 Å². The minimum absolute atomic E-state index is 0.161. The summed E-state index contributed by atoms with van der Waals surface area (Å²) in [5.41, 5.74) is 3.04. The van der Waals surface area contributed by atoms with Gasteiger partial charge >= 0.3 is 5.97 Å². The van der Waals surface area contributed by atoms with Crippen molar-refractivity contribution in [3.05, 3.63) is 29.6 Å². The van der Waals surface area contributed by atoms with Crippen LogP contribution in [-0.4, -0.2) is 42.7 Å². The van der Waals surface area contributed by atoms with Crippen molar-refractivity contribution in [2.24, 2.45) is 0 Å². The summed E-state index contributed by atoms with van der Waals surface area (Å²) in [6.07, 6.45) is 3.81. The average molecular weight is 455 g/mol. The Morgan fingerprint density at radius 2 is 1.64 bits per heavy atom. The van der Waals surface area contributed by atoms with Gasteiger partial charge in [0.25, 0.3) is 0 Å². The molecule has 3 N–H and O–H groups in total. The molecule has 178 valence electrons. The predicted molar refractivity (Wildman–Crippen MR) is 128 cm³/mol. The van der Waals surface area contributed by atoms with Crippen LogP contribution in [0.15, 0.2) is 18.5 Å². The molecule has 2 heterocycles. The number of ether oxygens (including phenoxy) is 1. The predicted octanol–water partition coefficient (Wildman–Crippen LogP) is 5.34. The molecule has 0 spiro atoms. The first-order valence-electron chi connectivity index (χ1n) is 11.3. The van der Waals surface area contributed by atoms with Crippen LogP contribution in [-0.2, 0) is 15.6 Å². The minimum Gasteiger partial charge on any atom is -0.507 e. The third-order valence-electron chi connectivity index (χ3n) is 5.50. The number of hydrogen-bond donors (Lipinski definition) is 3. The van der Waals surface area contributed by atoms with Crippen molar-refractivity contribution < 1.29 is 19.7 Å². The van der Waals surface area contributed by atoms with Gasteiger partial charge in [0.2, 0.25) is 5.88 Å². The maximum atomic E-state index is 11.0. The molecule has 0 amide bonds. The van der Waals surface area contributed by atoms with Crippen LogP contribution >= 0.6 is 0 Å². The molecule has 0 unspecified atom stereocenters. The smallest absolute Gasteiger partial charge is 0.303 e. The summed E-state index contributed by atoms with van der Waals surface area (Å²) in [5, 5.41) is 19.8. The van der Waals surface area contributed by atoms with Crippen LogP contribution in [0.25, 0.3) is 22.6 Å². The molecule has 2 aromatic heterocycles. The van der Waals surface area contributed by atoms with E-state index in [0.29, 0.717) is 41.6 Å². The lowest BCUT2D eigenvalue weighted by Crippen LogP contribution is -2.17. The number of aromatic hydroxyl groups is 1. The minimum atomic E-state index is -0.784. The Bertz CT molecular complexity index is 1100. The number of nitrogens with zero attached hydrogens (tertiary/aromatic N) is 3. The van der Waals surface area contributed by atoms with Crippen molar-refractivity contribution in [2.75, 3.05) is 6.61 Å². The summed E-state index contributed by atoms with van der Waals surface area (Å²) in [7, 11) is 0. The zero-order valence-electron chi connectivity index (χ0n) is 20.3. The van der Waals surface area contributed by atoms with Crippen LogP contribution in [0.3, 0.4) is 0 Å². The van der Waals surface area contributed by atoms with Gasteiger partial charge in [0.05, 0.1) is 12.9 Å². The molecule has 0 saturated carbocycles. The number of H-pyrrole nitrogens is 1. The van der Waals surface area contributed by atoms with Gasteiger partial charge in [-0.2, -0.15) is 4.98 Å². The summed E-state index contributed by atoms with van der Waals surface area (Å²) in [5.74, 6) is 0.396. The first-order chi connectivity index (χ1) is 15.4. The number of hydrogen-bond acceptors (Lipinski definition) is 6. The molecule has 0 radical (unpaired) electrons. The van der Waals surface area contributed by atoms with E-state index in [9.17, 15) is 9.90 Å². The second-order valence-electron chi connectivity index (χ2n) is 10.4. The van der Waals surface area contributed by atoms with Gasteiger partial charge in [-0.3, -0.25) is 4.79 Å². The van der Waals surface area contributed by atoms with Crippen LogP contribution in [0.4, 0.5) is 0 Å². The molecule has 0 aliphatic carbocycles. The summed E-state index contributed by atoms with van der Waals surface area (Å²) >= 11 is 0. The molecule has 0 fully saturated rings. The zero-order chi connectivity index (χ0) is 24.4. The van der Waals surface area contributed by atoms with Gasteiger partial charge < -0.3 is 19.9 Å². The molecule has 0 aliphatic rings. The highest BCUT2D eigenvalue weighted by atomic mass is 16.5. The van der Waals surface area contributed by atoms with Crippen LogP contribution in [0, 0.1) is 0 Å². The molecule has 1 aromatic carbocycles. The summed E-state index contributed by atoms with van der Waals surface area (Å²) in [6, 6.07) is 3.88. The Labute approximate surface area is 194 Å². The number of aromatic nitrogens is 4. The van der Waals surface area contributed by atoms with E-state index >= 15 is 0 Å². The Hall–Kier alpha value is -3.16. The fourth-order valence-electron chi connectivity index (χ4n) is 3.67. The number of benzene rings is 1. The summed E-state index contributed by atoms with van der Waals surface area (Å²) in [6.45, 7) is 12.8. The topological polar surface area (TPSA) is 121 Å². The van der Waals surface area contributed by atoms with Crippen molar-refractivity contribution in [3.8, 4) is 23.0 Å². The van der Waals surface area contributed by atoms with Gasteiger partial charge in [0.15, 0.2) is 17.0 Å². The number of imidazole rings is 1. The number of phenols is 1. The molecule has 3 rings (SSSR count). The highest BCUT2D eigenvalue weighted by molar-refractivity contribution is 5.78. The van der Waals surface area contributed by atoms with Crippen LogP contribution in [0.2, 0.25) is 0 Å². The first kappa shape index (κ1) is 24.5. The quantitative estimate of drug-likeness (QED) is 0.393. The monoisotopic (exact) mass is 454 g/mol. The number of aromatic amines is 1. The fourth-order valence-corrected chi connectivity index (χ4v) is 3.67. The maximum Gasteiger partial charge on any atom is 0.303 e. The van der Waals surface area contributed by atoms with Gasteiger partial charge in [0, 0.05) is 23.1 Å². The van der Waals surface area contributed by atoms with E-state index in [1.54, 1.807) is 6.33 Å². The lowest BCUT2D eigenvalue weighted by atomic mass is 9.78. The van der Waals surface area contributed by atoms with Crippen LogP contribution in [0.5, 0.6) is 11.6 Å². The third-order valence-corrected chi connectivity index (χ3v) is 5.50. The van der Waals surface area contributed by atoms with Crippen molar-refractivity contribution in [3.63, 3.8) is 0 Å². The van der Waals surface area contributed by atoms with Crippen molar-refractivity contribution in [2.45, 2.75) is 78.1 Å². The van der Waals surface area contributed by atoms with E-state index in [1.165, 1.54) is 0 Å². The molecule has 33 heavy (non-hydrogen) atoms. The number of carboxylic acid groups (broad SMARTS) is 1. The normalized spacial score (nSPS) is 12.3. The number of carbonyl (C=O) groups is 1. The second-order valence-corrected chi connectivity index (χ2v) is 10.4. The van der Waals surface area contributed by atoms with Gasteiger partial charge in [0.1, 0.15) is 5.75 Å². The third kappa shape index (κ3) is 5.80. The molecule has 0 atom stereocenters. The number of phenolic OH excluding ortho intramolecular Hbond substituents is 1. The first-order valence-corrected chi connectivity index (χ1v) is 11.3. The van der Waals surface area contributed by atoms with Crippen LogP contribution < -0.4 is 4.74 Å². The Balaban J connectivity index is 1.98. The average Bonchev–Trinajstić information content (AvgIpc) is 3.17. The zero-order valence-corrected chi connectivity index (χ0v) is 20.3. The molecule has 0 aliphatic heterocycles. The molecule has 0 saturated heterocycles. The molecular weight excluding hydrogens is 420 g/mol. The Morgan fingerprint density at radius 3 is 2.21 bits per heavy atom. The van der Waals surface area contributed by atoms with Gasteiger partial charge in [-0.15, -0.1) is 0 Å². The highest BCUT2D eigenvalue weighted by Crippen LogP contribution is 2.41. The number of aliphatic carboxylic acids is 1. The van der Waals surface area contributed by atoms with E-state index < -0.39 is 5.97 Å². The highest BCUT2D eigenvalue weighted by Gasteiger charge is 2.27. The Morgan fingerprint density at radius 1 is 1.00 bits per heavy atom. The van der Waals surface area contributed by atoms with E-state index in [1.807, 2.05) is 12.1 Å². The van der Waals surface area contributed by atoms with E-state index in [0.717, 1.165) is 29.5 Å². The molecular formula is C25H34N4O4.